The van der Waals surface area contributed by atoms with Crippen LogP contribution in [0.2, 0.25) is 0 Å². The second kappa shape index (κ2) is 6.82. The number of nitrogens with zero attached hydrogens (tertiary/aromatic N) is 3. The maximum Gasteiger partial charge on any atom is 0.231 e. The van der Waals surface area contributed by atoms with E-state index in [2.05, 4.69) is 20.2 Å². The summed E-state index contributed by atoms with van der Waals surface area (Å²) in [7, 11) is 0. The highest BCUT2D eigenvalue weighted by Gasteiger charge is 2.27. The molecule has 2 aliphatic heterocycles. The van der Waals surface area contributed by atoms with Gasteiger partial charge in [-0.15, -0.1) is 0 Å². The van der Waals surface area contributed by atoms with Crippen molar-refractivity contribution in [2.45, 2.75) is 26.7 Å². The van der Waals surface area contributed by atoms with Crippen LogP contribution in [0, 0.1) is 19.8 Å². The second-order valence-corrected chi connectivity index (χ2v) is 6.79. The van der Waals surface area contributed by atoms with Crippen molar-refractivity contribution in [3.8, 4) is 11.5 Å². The van der Waals surface area contributed by atoms with Crippen LogP contribution in [0.25, 0.3) is 0 Å². The third-order valence-electron chi connectivity index (χ3n) is 4.69. The highest BCUT2D eigenvalue weighted by atomic mass is 16.7. The number of nitrogens with one attached hydrogen (secondary N) is 1. The summed E-state index contributed by atoms with van der Waals surface area (Å²) < 4.78 is 10.7. The number of benzene rings is 1. The first-order valence-corrected chi connectivity index (χ1v) is 8.86. The molecule has 2 aromatic rings. The number of carbonyl (C=O) groups is 1. The van der Waals surface area contributed by atoms with Crippen LogP contribution in [0.4, 0.5) is 11.6 Å². The molecule has 1 amide bonds. The number of hydrogen-bond acceptors (Lipinski definition) is 6. The van der Waals surface area contributed by atoms with Crippen molar-refractivity contribution < 1.29 is 14.3 Å². The van der Waals surface area contributed by atoms with E-state index >= 15 is 0 Å². The van der Waals surface area contributed by atoms with E-state index in [1.165, 1.54) is 0 Å². The number of amides is 1. The predicted molar refractivity (Wildman–Crippen MR) is 97.6 cm³/mol. The number of piperidine rings is 1. The average Bonchev–Trinajstić information content (AvgIpc) is 3.09. The van der Waals surface area contributed by atoms with Gasteiger partial charge in [-0.3, -0.25) is 4.79 Å². The molecule has 0 radical (unpaired) electrons. The monoisotopic (exact) mass is 354 g/mol. The van der Waals surface area contributed by atoms with Gasteiger partial charge in [0.1, 0.15) is 0 Å². The highest BCUT2D eigenvalue weighted by molar-refractivity contribution is 5.93. The second-order valence-electron chi connectivity index (χ2n) is 6.79. The molecule has 1 aromatic heterocycles. The molecule has 26 heavy (non-hydrogen) atoms. The SMILES string of the molecule is Cc1cc(C)nc(N2CCC[C@H](C(=O)Nc3ccc4c(c3)OCO4)C2)n1. The lowest BCUT2D eigenvalue weighted by atomic mass is 9.97. The molecule has 136 valence electrons. The summed E-state index contributed by atoms with van der Waals surface area (Å²) in [5.41, 5.74) is 2.61. The van der Waals surface area contributed by atoms with Crippen molar-refractivity contribution in [3.05, 3.63) is 35.7 Å². The lowest BCUT2D eigenvalue weighted by Gasteiger charge is -2.32. The van der Waals surface area contributed by atoms with E-state index in [9.17, 15) is 4.79 Å². The number of anilines is 2. The van der Waals surface area contributed by atoms with Gasteiger partial charge in [-0.1, -0.05) is 0 Å². The molecule has 0 aliphatic carbocycles. The molecule has 7 nitrogen and oxygen atoms in total. The Labute approximate surface area is 152 Å². The summed E-state index contributed by atoms with van der Waals surface area (Å²) in [5, 5.41) is 2.99. The van der Waals surface area contributed by atoms with Crippen molar-refractivity contribution in [3.63, 3.8) is 0 Å². The molecule has 1 saturated heterocycles. The van der Waals surface area contributed by atoms with Gasteiger partial charge in [0.2, 0.25) is 18.6 Å². The van der Waals surface area contributed by atoms with Gasteiger partial charge in [-0.25, -0.2) is 9.97 Å². The molecule has 4 rings (SSSR count). The fraction of sp³-hybridized carbons (Fsp3) is 0.421. The zero-order valence-electron chi connectivity index (χ0n) is 15.0. The van der Waals surface area contributed by atoms with Crippen molar-refractivity contribution in [2.75, 3.05) is 30.1 Å². The minimum atomic E-state index is -0.0985. The fourth-order valence-corrected chi connectivity index (χ4v) is 3.44. The predicted octanol–water partition coefficient (Wildman–Crippen LogP) is 2.68. The first-order chi connectivity index (χ1) is 12.6. The third-order valence-corrected chi connectivity index (χ3v) is 4.69. The minimum absolute atomic E-state index is 0.0120. The molecule has 3 heterocycles. The van der Waals surface area contributed by atoms with Crippen molar-refractivity contribution in [2.24, 2.45) is 5.92 Å². The number of ether oxygens (including phenoxy) is 2. The molecule has 1 atom stereocenters. The zero-order chi connectivity index (χ0) is 18.1. The third kappa shape index (κ3) is 3.42. The minimum Gasteiger partial charge on any atom is -0.454 e. The Balaban J connectivity index is 1.44. The van der Waals surface area contributed by atoms with Crippen LogP contribution in [0.15, 0.2) is 24.3 Å². The molecule has 1 aromatic carbocycles. The largest absolute Gasteiger partial charge is 0.454 e. The standard InChI is InChI=1S/C19H22N4O3/c1-12-8-13(2)21-19(20-12)23-7-3-4-14(10-23)18(24)22-15-5-6-16-17(9-15)26-11-25-16/h5-6,8-9,14H,3-4,7,10-11H2,1-2H3,(H,22,24)/t14-/m0/s1. The normalized spacial score (nSPS) is 18.7. The molecule has 2 aliphatic rings. The summed E-state index contributed by atoms with van der Waals surface area (Å²) >= 11 is 0. The molecule has 7 heteroatoms. The first kappa shape index (κ1) is 16.6. The number of rotatable bonds is 3. The number of aryl methyl sites for hydroxylation is 2. The molecule has 1 N–H and O–H groups in total. The lowest BCUT2D eigenvalue weighted by Crippen LogP contribution is -2.41. The van der Waals surface area contributed by atoms with Crippen LogP contribution in [-0.4, -0.2) is 35.8 Å². The number of aromatic nitrogens is 2. The van der Waals surface area contributed by atoms with Gasteiger partial charge in [0.15, 0.2) is 11.5 Å². The van der Waals surface area contributed by atoms with E-state index in [1.807, 2.05) is 32.0 Å². The molecule has 0 unspecified atom stereocenters. The van der Waals surface area contributed by atoms with Crippen LogP contribution >= 0.6 is 0 Å². The van der Waals surface area contributed by atoms with Crippen molar-refractivity contribution in [1.82, 2.24) is 9.97 Å². The smallest absolute Gasteiger partial charge is 0.231 e. The maximum absolute atomic E-state index is 12.7. The first-order valence-electron chi connectivity index (χ1n) is 8.86. The van der Waals surface area contributed by atoms with Crippen LogP contribution in [0.5, 0.6) is 11.5 Å². The quantitative estimate of drug-likeness (QED) is 0.913. The molecular formula is C19H22N4O3. The summed E-state index contributed by atoms with van der Waals surface area (Å²) in [5.74, 6) is 2.00. The summed E-state index contributed by atoms with van der Waals surface area (Å²) in [4.78, 5) is 23.9. The fourth-order valence-electron chi connectivity index (χ4n) is 3.44. The topological polar surface area (TPSA) is 76.6 Å². The van der Waals surface area contributed by atoms with E-state index in [4.69, 9.17) is 9.47 Å². The van der Waals surface area contributed by atoms with E-state index in [0.717, 1.165) is 36.5 Å². The maximum atomic E-state index is 12.7. The van der Waals surface area contributed by atoms with Crippen LogP contribution in [0.1, 0.15) is 24.2 Å². The van der Waals surface area contributed by atoms with E-state index in [1.54, 1.807) is 6.07 Å². The lowest BCUT2D eigenvalue weighted by molar-refractivity contribution is -0.120. The summed E-state index contributed by atoms with van der Waals surface area (Å²) in [6.45, 7) is 5.65. The Morgan fingerprint density at radius 3 is 2.73 bits per heavy atom. The van der Waals surface area contributed by atoms with Crippen LogP contribution in [-0.2, 0) is 4.79 Å². The van der Waals surface area contributed by atoms with E-state index < -0.39 is 0 Å². The molecular weight excluding hydrogens is 332 g/mol. The van der Waals surface area contributed by atoms with E-state index in [0.29, 0.717) is 24.0 Å². The van der Waals surface area contributed by atoms with Gasteiger partial charge in [0.25, 0.3) is 0 Å². The molecule has 0 spiro atoms. The van der Waals surface area contributed by atoms with Crippen LogP contribution < -0.4 is 19.7 Å². The van der Waals surface area contributed by atoms with Gasteiger partial charge in [0.05, 0.1) is 5.92 Å². The van der Waals surface area contributed by atoms with Crippen LogP contribution in [0.3, 0.4) is 0 Å². The number of carbonyl (C=O) groups excluding carboxylic acids is 1. The zero-order valence-corrected chi connectivity index (χ0v) is 15.0. The Bertz CT molecular complexity index is 819. The number of fused-ring (bicyclic) bond motifs is 1. The van der Waals surface area contributed by atoms with Gasteiger partial charge in [0, 0.05) is 36.2 Å². The average molecular weight is 354 g/mol. The van der Waals surface area contributed by atoms with E-state index in [-0.39, 0.29) is 18.6 Å². The molecule has 0 saturated carbocycles. The van der Waals surface area contributed by atoms with Gasteiger partial charge < -0.3 is 19.7 Å². The van der Waals surface area contributed by atoms with Crippen molar-refractivity contribution >= 4 is 17.5 Å². The Morgan fingerprint density at radius 2 is 1.92 bits per heavy atom. The summed E-state index contributed by atoms with van der Waals surface area (Å²) in [6, 6.07) is 7.40. The van der Waals surface area contributed by atoms with Crippen molar-refractivity contribution in [1.29, 1.82) is 0 Å². The molecule has 1 fully saturated rings. The Morgan fingerprint density at radius 1 is 1.15 bits per heavy atom. The highest BCUT2D eigenvalue weighted by Crippen LogP contribution is 2.34. The molecule has 0 bridgehead atoms. The van der Waals surface area contributed by atoms with Gasteiger partial charge in [-0.05, 0) is 44.9 Å². The summed E-state index contributed by atoms with van der Waals surface area (Å²) in [6.07, 6.45) is 1.80. The Kier molecular flexibility index (Phi) is 4.36. The van der Waals surface area contributed by atoms with Gasteiger partial charge in [-0.2, -0.15) is 0 Å². The number of hydrogen-bond donors (Lipinski definition) is 1. The van der Waals surface area contributed by atoms with Gasteiger partial charge >= 0.3 is 0 Å². The Hall–Kier alpha value is -2.83.